The minimum absolute atomic E-state index is 0.0239. The monoisotopic (exact) mass is 334 g/mol. The van der Waals surface area contributed by atoms with E-state index >= 15 is 0 Å². The molecule has 7 nitrogen and oxygen atoms in total. The number of carbonyl (C=O) groups excluding carboxylic acids is 2. The van der Waals surface area contributed by atoms with Crippen LogP contribution in [0, 0.1) is 5.92 Å². The Morgan fingerprint density at radius 2 is 1.92 bits per heavy atom. The van der Waals surface area contributed by atoms with Crippen LogP contribution in [-0.2, 0) is 11.2 Å². The van der Waals surface area contributed by atoms with Crippen molar-refractivity contribution in [2.75, 3.05) is 13.1 Å². The van der Waals surface area contributed by atoms with Crippen LogP contribution in [0.3, 0.4) is 0 Å². The highest BCUT2D eigenvalue weighted by molar-refractivity contribution is 5.96. The first-order valence-electron chi connectivity index (χ1n) is 8.45. The molecule has 2 amide bonds. The van der Waals surface area contributed by atoms with Gasteiger partial charge in [0.1, 0.15) is 11.3 Å². The van der Waals surface area contributed by atoms with Gasteiger partial charge in [-0.3, -0.25) is 9.59 Å². The number of carbonyl (C=O) groups is 3. The first-order valence-corrected chi connectivity index (χ1v) is 8.45. The van der Waals surface area contributed by atoms with E-state index in [1.165, 1.54) is 6.07 Å². The minimum Gasteiger partial charge on any atom is -0.478 e. The van der Waals surface area contributed by atoms with Crippen molar-refractivity contribution in [2.45, 2.75) is 45.1 Å². The van der Waals surface area contributed by atoms with Crippen molar-refractivity contribution in [3.8, 4) is 0 Å². The smallest absolute Gasteiger partial charge is 0.339 e. The standard InChI is InChI=1S/C17H22N2O5/c1-2-13-12(17(22)23)9-14(24-13)15(20)18-11-5-7-19(8-6-11)16(21)10-3-4-10/h9-11H,2-8H2,1H3,(H,18,20)(H,22,23). The lowest BCUT2D eigenvalue weighted by Crippen LogP contribution is -2.46. The van der Waals surface area contributed by atoms with Crippen LogP contribution in [0.25, 0.3) is 0 Å². The van der Waals surface area contributed by atoms with Gasteiger partial charge in [0.2, 0.25) is 5.91 Å². The van der Waals surface area contributed by atoms with E-state index < -0.39 is 11.9 Å². The third-order valence-electron chi connectivity index (χ3n) is 4.65. The van der Waals surface area contributed by atoms with Crippen molar-refractivity contribution < 1.29 is 23.9 Å². The Hall–Kier alpha value is -2.31. The third kappa shape index (κ3) is 3.44. The molecule has 130 valence electrons. The van der Waals surface area contributed by atoms with E-state index in [1.54, 1.807) is 6.92 Å². The number of carboxylic acid groups (broad SMARTS) is 1. The fourth-order valence-corrected chi connectivity index (χ4v) is 3.07. The molecule has 7 heteroatoms. The van der Waals surface area contributed by atoms with E-state index in [0.29, 0.717) is 38.1 Å². The van der Waals surface area contributed by atoms with E-state index in [9.17, 15) is 14.4 Å². The molecule has 1 aliphatic heterocycles. The summed E-state index contributed by atoms with van der Waals surface area (Å²) >= 11 is 0. The van der Waals surface area contributed by atoms with Gasteiger partial charge in [0.05, 0.1) is 0 Å². The maximum atomic E-state index is 12.3. The normalized spacial score (nSPS) is 18.5. The predicted octanol–water partition coefficient (Wildman–Crippen LogP) is 1.67. The highest BCUT2D eigenvalue weighted by Crippen LogP contribution is 2.31. The number of aromatic carboxylic acids is 1. The van der Waals surface area contributed by atoms with Crippen molar-refractivity contribution in [3.63, 3.8) is 0 Å². The largest absolute Gasteiger partial charge is 0.478 e. The van der Waals surface area contributed by atoms with Crippen LogP contribution >= 0.6 is 0 Å². The van der Waals surface area contributed by atoms with E-state index in [1.807, 2.05) is 4.90 Å². The SMILES string of the molecule is CCc1oc(C(=O)NC2CCN(C(=O)C3CC3)CC2)cc1C(=O)O. The summed E-state index contributed by atoms with van der Waals surface area (Å²) < 4.78 is 5.37. The first-order chi connectivity index (χ1) is 11.5. The molecule has 3 rings (SSSR count). The first kappa shape index (κ1) is 16.5. The van der Waals surface area contributed by atoms with Gasteiger partial charge in [-0.2, -0.15) is 0 Å². The number of hydrogen-bond acceptors (Lipinski definition) is 4. The van der Waals surface area contributed by atoms with E-state index in [4.69, 9.17) is 9.52 Å². The van der Waals surface area contributed by atoms with E-state index in [0.717, 1.165) is 12.8 Å². The molecule has 1 aromatic heterocycles. The van der Waals surface area contributed by atoms with Gasteiger partial charge in [-0.25, -0.2) is 4.79 Å². The molecule has 0 spiro atoms. The van der Waals surface area contributed by atoms with Gasteiger partial charge >= 0.3 is 5.97 Å². The lowest BCUT2D eigenvalue weighted by molar-refractivity contribution is -0.133. The van der Waals surface area contributed by atoms with Crippen molar-refractivity contribution in [2.24, 2.45) is 5.92 Å². The van der Waals surface area contributed by atoms with Crippen LogP contribution in [-0.4, -0.2) is 46.9 Å². The van der Waals surface area contributed by atoms with Gasteiger partial charge in [-0.15, -0.1) is 0 Å². The second-order valence-corrected chi connectivity index (χ2v) is 6.45. The molecule has 1 aromatic rings. The molecule has 24 heavy (non-hydrogen) atoms. The van der Waals surface area contributed by atoms with Crippen molar-refractivity contribution in [1.82, 2.24) is 10.2 Å². The molecule has 2 fully saturated rings. The van der Waals surface area contributed by atoms with E-state index in [2.05, 4.69) is 5.32 Å². The Bertz CT molecular complexity index is 654. The number of hydrogen-bond donors (Lipinski definition) is 2. The van der Waals surface area contributed by atoms with Gasteiger partial charge in [0.15, 0.2) is 5.76 Å². The maximum absolute atomic E-state index is 12.3. The maximum Gasteiger partial charge on any atom is 0.339 e. The zero-order chi connectivity index (χ0) is 17.3. The van der Waals surface area contributed by atoms with Gasteiger partial charge in [-0.1, -0.05) is 6.92 Å². The van der Waals surface area contributed by atoms with Gasteiger partial charge in [-0.05, 0) is 25.7 Å². The summed E-state index contributed by atoms with van der Waals surface area (Å²) in [6.07, 6.45) is 3.82. The second-order valence-electron chi connectivity index (χ2n) is 6.45. The Morgan fingerprint density at radius 1 is 1.25 bits per heavy atom. The molecule has 2 aliphatic rings. The average Bonchev–Trinajstić information content (AvgIpc) is 3.32. The van der Waals surface area contributed by atoms with Crippen LogP contribution in [0.1, 0.15) is 59.3 Å². The molecular weight excluding hydrogens is 312 g/mol. The van der Waals surface area contributed by atoms with Crippen LogP contribution < -0.4 is 5.32 Å². The number of carboxylic acids is 1. The number of nitrogens with one attached hydrogen (secondary N) is 1. The van der Waals surface area contributed by atoms with Gasteiger partial charge in [0, 0.05) is 37.5 Å². The lowest BCUT2D eigenvalue weighted by Gasteiger charge is -2.32. The van der Waals surface area contributed by atoms with Crippen molar-refractivity contribution in [1.29, 1.82) is 0 Å². The van der Waals surface area contributed by atoms with Crippen molar-refractivity contribution in [3.05, 3.63) is 23.2 Å². The summed E-state index contributed by atoms with van der Waals surface area (Å²) in [6, 6.07) is 1.26. The highest BCUT2D eigenvalue weighted by Gasteiger charge is 2.35. The summed E-state index contributed by atoms with van der Waals surface area (Å²) in [5.74, 6) is -0.699. The van der Waals surface area contributed by atoms with Gasteiger partial charge < -0.3 is 19.7 Å². The average molecular weight is 334 g/mol. The minimum atomic E-state index is -1.10. The van der Waals surface area contributed by atoms with Crippen LogP contribution in [0.4, 0.5) is 0 Å². The van der Waals surface area contributed by atoms with Gasteiger partial charge in [0.25, 0.3) is 5.91 Å². The lowest BCUT2D eigenvalue weighted by atomic mass is 10.0. The Kier molecular flexibility index (Phi) is 4.59. The van der Waals surface area contributed by atoms with Crippen LogP contribution in [0.5, 0.6) is 0 Å². The fourth-order valence-electron chi connectivity index (χ4n) is 3.07. The topological polar surface area (TPSA) is 99.9 Å². The molecular formula is C17H22N2O5. The summed E-state index contributed by atoms with van der Waals surface area (Å²) in [5.41, 5.74) is 0.0347. The number of amides is 2. The molecule has 0 bridgehead atoms. The quantitative estimate of drug-likeness (QED) is 0.853. The van der Waals surface area contributed by atoms with Crippen molar-refractivity contribution >= 4 is 17.8 Å². The highest BCUT2D eigenvalue weighted by atomic mass is 16.4. The van der Waals surface area contributed by atoms with Crippen LogP contribution in [0.15, 0.2) is 10.5 Å². The Labute approximate surface area is 140 Å². The molecule has 0 aromatic carbocycles. The van der Waals surface area contributed by atoms with E-state index in [-0.39, 0.29) is 29.2 Å². The number of nitrogens with zero attached hydrogens (tertiary/aromatic N) is 1. The summed E-state index contributed by atoms with van der Waals surface area (Å²) in [7, 11) is 0. The molecule has 1 saturated carbocycles. The second kappa shape index (κ2) is 6.67. The van der Waals surface area contributed by atoms with Crippen LogP contribution in [0.2, 0.25) is 0 Å². The number of furan rings is 1. The molecule has 0 radical (unpaired) electrons. The number of likely N-dealkylation sites (tertiary alicyclic amines) is 1. The summed E-state index contributed by atoms with van der Waals surface area (Å²) in [5, 5.41) is 12.0. The summed E-state index contributed by atoms with van der Waals surface area (Å²) in [4.78, 5) is 37.3. The molecule has 1 saturated heterocycles. The number of rotatable bonds is 5. The Morgan fingerprint density at radius 3 is 2.42 bits per heavy atom. The molecule has 0 unspecified atom stereocenters. The zero-order valence-corrected chi connectivity index (χ0v) is 13.7. The third-order valence-corrected chi connectivity index (χ3v) is 4.65. The number of piperidine rings is 1. The molecule has 0 atom stereocenters. The number of aryl methyl sites for hydroxylation is 1. The molecule has 1 aliphatic carbocycles. The zero-order valence-electron chi connectivity index (χ0n) is 13.7. The molecule has 2 N–H and O–H groups in total. The summed E-state index contributed by atoms with van der Waals surface area (Å²) in [6.45, 7) is 3.08. The Balaban J connectivity index is 1.56. The molecule has 2 heterocycles. The predicted molar refractivity (Wildman–Crippen MR) is 84.8 cm³/mol. The fraction of sp³-hybridized carbons (Fsp3) is 0.588.